The van der Waals surface area contributed by atoms with Gasteiger partial charge in [-0.15, -0.1) is 0 Å². The molecular formula is C10H10Cl2N2. The van der Waals surface area contributed by atoms with Crippen LogP contribution in [-0.4, -0.2) is 18.5 Å². The second-order valence-corrected chi connectivity index (χ2v) is 3.70. The second-order valence-electron chi connectivity index (χ2n) is 2.89. The van der Waals surface area contributed by atoms with Crippen LogP contribution < -0.4 is 0 Å². The number of hydrogen-bond donors (Lipinski definition) is 1. The van der Waals surface area contributed by atoms with E-state index in [0.29, 0.717) is 27.9 Å². The van der Waals surface area contributed by atoms with Gasteiger partial charge in [0.25, 0.3) is 0 Å². The van der Waals surface area contributed by atoms with Gasteiger partial charge in [-0.25, -0.2) is 0 Å². The van der Waals surface area contributed by atoms with Crippen molar-refractivity contribution in [3.05, 3.63) is 33.8 Å². The van der Waals surface area contributed by atoms with Crippen LogP contribution in [0.15, 0.2) is 23.2 Å². The minimum absolute atomic E-state index is 0.377. The summed E-state index contributed by atoms with van der Waals surface area (Å²) in [6.45, 7) is 2.08. The fourth-order valence-electron chi connectivity index (χ4n) is 0.908. The average Bonchev–Trinajstić information content (AvgIpc) is 2.09. The van der Waals surface area contributed by atoms with Gasteiger partial charge >= 0.3 is 0 Å². The van der Waals surface area contributed by atoms with Crippen LogP contribution in [-0.2, 0) is 0 Å². The largest absolute Gasteiger partial charge is 0.308 e. The van der Waals surface area contributed by atoms with E-state index in [9.17, 15) is 0 Å². The van der Waals surface area contributed by atoms with Crippen LogP contribution in [0.2, 0.25) is 10.0 Å². The summed E-state index contributed by atoms with van der Waals surface area (Å²) in [7, 11) is 0. The first-order valence-corrected chi connectivity index (χ1v) is 4.84. The lowest BCUT2D eigenvalue weighted by Crippen LogP contribution is -1.94. The third-order valence-corrected chi connectivity index (χ3v) is 2.21. The smallest absolute Gasteiger partial charge is 0.0762 e. The van der Waals surface area contributed by atoms with E-state index in [2.05, 4.69) is 4.99 Å². The summed E-state index contributed by atoms with van der Waals surface area (Å²) in [5.41, 5.74) is 1.21. The molecule has 1 rings (SSSR count). The average molecular weight is 229 g/mol. The van der Waals surface area contributed by atoms with Crippen molar-refractivity contribution < 1.29 is 0 Å². The number of nitrogens with one attached hydrogen (secondary N) is 1. The molecule has 1 aromatic rings. The summed E-state index contributed by atoms with van der Waals surface area (Å²) in [5, 5.41) is 8.33. The van der Waals surface area contributed by atoms with Crippen molar-refractivity contribution in [3.8, 4) is 0 Å². The number of benzene rings is 1. The van der Waals surface area contributed by atoms with Crippen LogP contribution in [0.4, 0.5) is 0 Å². The molecular weight excluding hydrogens is 219 g/mol. The van der Waals surface area contributed by atoms with E-state index in [1.165, 1.54) is 0 Å². The SMILES string of the molecule is CC(=N)CN=Cc1c(Cl)cccc1Cl. The molecule has 0 aliphatic rings. The monoisotopic (exact) mass is 228 g/mol. The standard InChI is InChI=1S/C10H10Cl2N2/c1-7(13)5-14-6-8-9(11)3-2-4-10(8)12/h2-4,6,13H,5H2,1H3. The number of aliphatic imine (C=N–C) groups is 1. The Morgan fingerprint density at radius 2 is 2.00 bits per heavy atom. The minimum atomic E-state index is 0.377. The molecule has 0 aliphatic heterocycles. The van der Waals surface area contributed by atoms with Crippen LogP contribution in [0, 0.1) is 5.41 Å². The Morgan fingerprint density at radius 1 is 1.43 bits per heavy atom. The fraction of sp³-hybridized carbons (Fsp3) is 0.200. The van der Waals surface area contributed by atoms with E-state index in [-0.39, 0.29) is 0 Å². The van der Waals surface area contributed by atoms with Crippen molar-refractivity contribution in [2.75, 3.05) is 6.54 Å². The van der Waals surface area contributed by atoms with Gasteiger partial charge in [0.1, 0.15) is 0 Å². The lowest BCUT2D eigenvalue weighted by molar-refractivity contribution is 1.25. The van der Waals surface area contributed by atoms with Gasteiger partial charge in [0.2, 0.25) is 0 Å². The maximum absolute atomic E-state index is 7.19. The van der Waals surface area contributed by atoms with Crippen molar-refractivity contribution in [2.24, 2.45) is 4.99 Å². The van der Waals surface area contributed by atoms with E-state index in [4.69, 9.17) is 28.6 Å². The van der Waals surface area contributed by atoms with Crippen LogP contribution in [0.25, 0.3) is 0 Å². The Labute approximate surface area is 93.1 Å². The fourth-order valence-corrected chi connectivity index (χ4v) is 1.40. The highest BCUT2D eigenvalue weighted by atomic mass is 35.5. The molecule has 1 aromatic carbocycles. The minimum Gasteiger partial charge on any atom is -0.308 e. The Balaban J connectivity index is 2.85. The maximum atomic E-state index is 7.19. The highest BCUT2D eigenvalue weighted by molar-refractivity contribution is 6.38. The van der Waals surface area contributed by atoms with Crippen LogP contribution in [0.1, 0.15) is 12.5 Å². The van der Waals surface area contributed by atoms with Gasteiger partial charge in [0.15, 0.2) is 0 Å². The first-order valence-electron chi connectivity index (χ1n) is 4.09. The number of nitrogens with zero attached hydrogens (tertiary/aromatic N) is 1. The molecule has 0 unspecified atom stereocenters. The normalized spacial score (nSPS) is 10.8. The predicted molar refractivity (Wildman–Crippen MR) is 62.3 cm³/mol. The zero-order valence-corrected chi connectivity index (χ0v) is 9.23. The molecule has 74 valence electrons. The van der Waals surface area contributed by atoms with E-state index >= 15 is 0 Å². The van der Waals surface area contributed by atoms with Gasteiger partial charge in [-0.3, -0.25) is 4.99 Å². The molecule has 0 fully saturated rings. The molecule has 0 spiro atoms. The molecule has 0 amide bonds. The molecule has 0 saturated carbocycles. The summed E-state index contributed by atoms with van der Waals surface area (Å²) >= 11 is 11.8. The first-order chi connectivity index (χ1) is 6.61. The Bertz CT molecular complexity index is 352. The molecule has 0 heterocycles. The molecule has 4 heteroatoms. The van der Waals surface area contributed by atoms with Crippen LogP contribution in [0.5, 0.6) is 0 Å². The van der Waals surface area contributed by atoms with Gasteiger partial charge in [0, 0.05) is 17.5 Å². The molecule has 0 radical (unpaired) electrons. The van der Waals surface area contributed by atoms with E-state index in [0.717, 1.165) is 0 Å². The molecule has 1 N–H and O–H groups in total. The lowest BCUT2D eigenvalue weighted by atomic mass is 10.2. The number of hydrogen-bond acceptors (Lipinski definition) is 2. The first kappa shape index (κ1) is 11.2. The van der Waals surface area contributed by atoms with Crippen LogP contribution >= 0.6 is 23.2 Å². The van der Waals surface area contributed by atoms with Gasteiger partial charge in [0.05, 0.1) is 16.6 Å². The van der Waals surface area contributed by atoms with Gasteiger partial charge in [-0.1, -0.05) is 29.3 Å². The summed E-state index contributed by atoms with van der Waals surface area (Å²) in [6.07, 6.45) is 1.60. The zero-order valence-electron chi connectivity index (χ0n) is 7.72. The zero-order chi connectivity index (χ0) is 10.6. The van der Waals surface area contributed by atoms with Crippen molar-refractivity contribution in [2.45, 2.75) is 6.92 Å². The maximum Gasteiger partial charge on any atom is 0.0762 e. The Morgan fingerprint density at radius 3 is 2.50 bits per heavy atom. The predicted octanol–water partition coefficient (Wildman–Crippen LogP) is 3.45. The van der Waals surface area contributed by atoms with E-state index < -0.39 is 0 Å². The molecule has 14 heavy (non-hydrogen) atoms. The van der Waals surface area contributed by atoms with Gasteiger partial charge in [-0.05, 0) is 19.1 Å². The van der Waals surface area contributed by atoms with Crippen molar-refractivity contribution in [3.63, 3.8) is 0 Å². The second kappa shape index (κ2) is 5.13. The summed E-state index contributed by atoms with van der Waals surface area (Å²) in [4.78, 5) is 4.04. The van der Waals surface area contributed by atoms with Gasteiger partial charge < -0.3 is 5.41 Å². The van der Waals surface area contributed by atoms with E-state index in [1.54, 1.807) is 31.3 Å². The van der Waals surface area contributed by atoms with Crippen molar-refractivity contribution in [1.82, 2.24) is 0 Å². The van der Waals surface area contributed by atoms with Crippen LogP contribution in [0.3, 0.4) is 0 Å². The van der Waals surface area contributed by atoms with Crippen molar-refractivity contribution in [1.29, 1.82) is 5.41 Å². The highest BCUT2D eigenvalue weighted by Crippen LogP contribution is 2.21. The third-order valence-electron chi connectivity index (χ3n) is 1.55. The molecule has 0 saturated heterocycles. The summed E-state index contributed by atoms with van der Waals surface area (Å²) < 4.78 is 0. The lowest BCUT2D eigenvalue weighted by Gasteiger charge is -1.99. The molecule has 0 aliphatic carbocycles. The Hall–Kier alpha value is -0.860. The quantitative estimate of drug-likeness (QED) is 0.770. The molecule has 0 bridgehead atoms. The third kappa shape index (κ3) is 3.13. The molecule has 2 nitrogen and oxygen atoms in total. The molecule has 0 aromatic heterocycles. The Kier molecular flexibility index (Phi) is 4.11. The summed E-state index contributed by atoms with van der Waals surface area (Å²) in [5.74, 6) is 0. The molecule has 0 atom stereocenters. The topological polar surface area (TPSA) is 36.2 Å². The highest BCUT2D eigenvalue weighted by Gasteiger charge is 2.01. The van der Waals surface area contributed by atoms with Gasteiger partial charge in [-0.2, -0.15) is 0 Å². The van der Waals surface area contributed by atoms with Crippen molar-refractivity contribution >= 4 is 35.1 Å². The number of rotatable bonds is 3. The number of halogens is 2. The van der Waals surface area contributed by atoms with E-state index in [1.807, 2.05) is 0 Å². The summed E-state index contributed by atoms with van der Waals surface area (Å²) in [6, 6.07) is 5.29.